The largest absolute Gasteiger partial charge is 0.480 e. The Balaban J connectivity index is 2.27. The Kier molecular flexibility index (Phi) is 3.97. The highest BCUT2D eigenvalue weighted by molar-refractivity contribution is 5.75. The lowest BCUT2D eigenvalue weighted by molar-refractivity contribution is -0.145. The molecule has 2 unspecified atom stereocenters. The van der Waals surface area contributed by atoms with Gasteiger partial charge in [-0.15, -0.1) is 0 Å². The van der Waals surface area contributed by atoms with E-state index in [0.717, 1.165) is 25.8 Å². The van der Waals surface area contributed by atoms with Gasteiger partial charge >= 0.3 is 5.97 Å². The Hall–Kier alpha value is -1.42. The monoisotopic (exact) mass is 251 g/mol. The van der Waals surface area contributed by atoms with Crippen LogP contribution in [-0.2, 0) is 4.79 Å². The highest BCUT2D eigenvalue weighted by atomic mass is 19.1. The molecule has 1 aromatic rings. The van der Waals surface area contributed by atoms with Gasteiger partial charge in [0.25, 0.3) is 0 Å². The van der Waals surface area contributed by atoms with Crippen LogP contribution in [0.1, 0.15) is 37.8 Å². The molecule has 0 radical (unpaired) electrons. The van der Waals surface area contributed by atoms with Gasteiger partial charge in [-0.1, -0.05) is 18.6 Å². The Labute approximate surface area is 106 Å². The topological polar surface area (TPSA) is 40.5 Å². The zero-order valence-corrected chi connectivity index (χ0v) is 10.5. The third kappa shape index (κ3) is 2.70. The molecular formula is C14H18FNO2. The van der Waals surface area contributed by atoms with Crippen LogP contribution in [0.25, 0.3) is 0 Å². The number of likely N-dealkylation sites (tertiary alicyclic amines) is 1. The van der Waals surface area contributed by atoms with Gasteiger partial charge in [-0.05, 0) is 44.0 Å². The normalized spacial score (nSPS) is 22.7. The summed E-state index contributed by atoms with van der Waals surface area (Å²) in [6, 6.07) is 5.36. The van der Waals surface area contributed by atoms with Gasteiger partial charge in [-0.25, -0.2) is 4.39 Å². The number of hydrogen-bond donors (Lipinski definition) is 1. The Morgan fingerprint density at radius 1 is 1.39 bits per heavy atom. The molecule has 98 valence electrons. The van der Waals surface area contributed by atoms with E-state index < -0.39 is 12.0 Å². The first-order chi connectivity index (χ1) is 8.59. The average molecular weight is 251 g/mol. The van der Waals surface area contributed by atoms with Crippen LogP contribution in [0, 0.1) is 5.82 Å². The minimum Gasteiger partial charge on any atom is -0.480 e. The molecule has 3 nitrogen and oxygen atoms in total. The fourth-order valence-electron chi connectivity index (χ4n) is 2.62. The molecule has 1 saturated heterocycles. The van der Waals surface area contributed by atoms with Gasteiger partial charge in [0.05, 0.1) is 0 Å². The molecule has 0 saturated carbocycles. The van der Waals surface area contributed by atoms with Crippen molar-refractivity contribution in [1.82, 2.24) is 4.90 Å². The van der Waals surface area contributed by atoms with Crippen molar-refractivity contribution < 1.29 is 14.3 Å². The molecule has 0 spiro atoms. The molecule has 0 aromatic heterocycles. The fourth-order valence-corrected chi connectivity index (χ4v) is 2.62. The molecule has 1 fully saturated rings. The van der Waals surface area contributed by atoms with Crippen LogP contribution in [0.15, 0.2) is 24.3 Å². The minimum absolute atomic E-state index is 0.255. The van der Waals surface area contributed by atoms with E-state index in [4.69, 9.17) is 0 Å². The summed E-state index contributed by atoms with van der Waals surface area (Å²) in [5.74, 6) is -1.20. The Bertz CT molecular complexity index is 418. The lowest BCUT2D eigenvalue weighted by atomic mass is 9.97. The minimum atomic E-state index is -0.865. The number of carbonyl (C=O) groups is 1. The molecule has 18 heavy (non-hydrogen) atoms. The number of hydrogen-bond acceptors (Lipinski definition) is 2. The first-order valence-electron chi connectivity index (χ1n) is 6.33. The summed E-state index contributed by atoms with van der Waals surface area (Å²) >= 11 is 0. The number of rotatable bonds is 3. The molecule has 1 aliphatic rings. The first kappa shape index (κ1) is 13.0. The van der Waals surface area contributed by atoms with Crippen molar-refractivity contribution in [3.05, 3.63) is 35.6 Å². The molecule has 1 aromatic carbocycles. The number of benzene rings is 1. The molecule has 1 N–H and O–H groups in total. The van der Waals surface area contributed by atoms with Crippen LogP contribution in [-0.4, -0.2) is 28.6 Å². The third-order valence-corrected chi connectivity index (χ3v) is 3.61. The molecule has 4 heteroatoms. The average Bonchev–Trinajstić information content (AvgIpc) is 2.34. The maximum Gasteiger partial charge on any atom is 0.325 e. The van der Waals surface area contributed by atoms with E-state index in [0.29, 0.717) is 5.56 Å². The van der Waals surface area contributed by atoms with Crippen molar-refractivity contribution >= 4 is 5.97 Å². The van der Waals surface area contributed by atoms with Crippen molar-refractivity contribution in [1.29, 1.82) is 0 Å². The SMILES string of the molecule is CC1CCCCN1C(C(=O)O)c1ccc(F)cc1. The van der Waals surface area contributed by atoms with Gasteiger partial charge < -0.3 is 5.11 Å². The zero-order chi connectivity index (χ0) is 13.1. The van der Waals surface area contributed by atoms with Crippen molar-refractivity contribution in [3.63, 3.8) is 0 Å². The van der Waals surface area contributed by atoms with Gasteiger partial charge in [0.2, 0.25) is 0 Å². The van der Waals surface area contributed by atoms with E-state index in [9.17, 15) is 14.3 Å². The van der Waals surface area contributed by atoms with E-state index in [1.807, 2.05) is 4.90 Å². The summed E-state index contributed by atoms with van der Waals surface area (Å²) in [5.41, 5.74) is 0.651. The molecule has 2 atom stereocenters. The summed E-state index contributed by atoms with van der Waals surface area (Å²) in [4.78, 5) is 13.5. The number of aliphatic carboxylic acids is 1. The molecule has 0 aliphatic carbocycles. The molecule has 1 heterocycles. The second kappa shape index (κ2) is 5.48. The maximum atomic E-state index is 12.9. The van der Waals surface area contributed by atoms with Gasteiger partial charge in [0.15, 0.2) is 0 Å². The fraction of sp³-hybridized carbons (Fsp3) is 0.500. The molecule has 0 amide bonds. The van der Waals surface area contributed by atoms with Crippen molar-refractivity contribution in [3.8, 4) is 0 Å². The van der Waals surface area contributed by atoms with Crippen molar-refractivity contribution in [2.24, 2.45) is 0 Å². The van der Waals surface area contributed by atoms with Crippen LogP contribution in [0.2, 0.25) is 0 Å². The van der Waals surface area contributed by atoms with Gasteiger partial charge in [-0.2, -0.15) is 0 Å². The van der Waals surface area contributed by atoms with Crippen molar-refractivity contribution in [2.75, 3.05) is 6.54 Å². The molecular weight excluding hydrogens is 233 g/mol. The number of carboxylic acids is 1. The van der Waals surface area contributed by atoms with Crippen LogP contribution in [0.5, 0.6) is 0 Å². The molecule has 1 aliphatic heterocycles. The van der Waals surface area contributed by atoms with E-state index in [1.54, 1.807) is 12.1 Å². The second-order valence-electron chi connectivity index (χ2n) is 4.87. The zero-order valence-electron chi connectivity index (χ0n) is 10.5. The quantitative estimate of drug-likeness (QED) is 0.898. The Morgan fingerprint density at radius 2 is 2.06 bits per heavy atom. The predicted octanol–water partition coefficient (Wildman–Crippen LogP) is 2.83. The highest BCUT2D eigenvalue weighted by Gasteiger charge is 2.32. The summed E-state index contributed by atoms with van der Waals surface area (Å²) in [7, 11) is 0. The second-order valence-corrected chi connectivity index (χ2v) is 4.87. The van der Waals surface area contributed by atoms with Gasteiger partial charge in [-0.3, -0.25) is 9.69 Å². The van der Waals surface area contributed by atoms with E-state index in [1.165, 1.54) is 12.1 Å². The lowest BCUT2D eigenvalue weighted by Crippen LogP contribution is -2.43. The van der Waals surface area contributed by atoms with Crippen LogP contribution in [0.4, 0.5) is 4.39 Å². The van der Waals surface area contributed by atoms with Crippen LogP contribution >= 0.6 is 0 Å². The Morgan fingerprint density at radius 3 is 2.61 bits per heavy atom. The number of nitrogens with zero attached hydrogens (tertiary/aromatic N) is 1. The molecule has 2 rings (SSSR count). The smallest absolute Gasteiger partial charge is 0.325 e. The summed E-state index contributed by atoms with van der Waals surface area (Å²) in [5, 5.41) is 9.43. The lowest BCUT2D eigenvalue weighted by Gasteiger charge is -2.37. The van der Waals surface area contributed by atoms with Crippen molar-refractivity contribution in [2.45, 2.75) is 38.3 Å². The number of carboxylic acid groups (broad SMARTS) is 1. The number of piperidine rings is 1. The summed E-state index contributed by atoms with van der Waals surface area (Å²) < 4.78 is 12.9. The predicted molar refractivity (Wildman–Crippen MR) is 66.8 cm³/mol. The third-order valence-electron chi connectivity index (χ3n) is 3.61. The van der Waals surface area contributed by atoms with Gasteiger partial charge in [0, 0.05) is 6.04 Å². The molecule has 0 bridgehead atoms. The van der Waals surface area contributed by atoms with Gasteiger partial charge in [0.1, 0.15) is 11.9 Å². The van der Waals surface area contributed by atoms with E-state index in [-0.39, 0.29) is 11.9 Å². The first-order valence-corrected chi connectivity index (χ1v) is 6.33. The number of halogens is 1. The highest BCUT2D eigenvalue weighted by Crippen LogP contribution is 2.28. The van der Waals surface area contributed by atoms with E-state index in [2.05, 4.69) is 6.92 Å². The summed E-state index contributed by atoms with van der Waals surface area (Å²) in [6.45, 7) is 2.84. The van der Waals surface area contributed by atoms with Crippen LogP contribution < -0.4 is 0 Å². The van der Waals surface area contributed by atoms with Crippen LogP contribution in [0.3, 0.4) is 0 Å². The van der Waals surface area contributed by atoms with E-state index >= 15 is 0 Å². The summed E-state index contributed by atoms with van der Waals surface area (Å²) in [6.07, 6.45) is 3.19. The maximum absolute atomic E-state index is 12.9. The standard InChI is InChI=1S/C14H18FNO2/c1-10-4-2-3-9-16(10)13(14(17)18)11-5-7-12(15)8-6-11/h5-8,10,13H,2-4,9H2,1H3,(H,17,18).